The Bertz CT molecular complexity index is 1310. The number of methoxy groups -OCH3 is 2. The molecule has 0 radical (unpaired) electrons. The lowest BCUT2D eigenvalue weighted by Gasteiger charge is -2.16. The van der Waals surface area contributed by atoms with Crippen molar-refractivity contribution >= 4 is 36.1 Å². The summed E-state index contributed by atoms with van der Waals surface area (Å²) in [7, 11) is 4.73. The lowest BCUT2D eigenvalue weighted by Crippen LogP contribution is -2.18. The molecule has 0 aliphatic rings. The number of pyridine rings is 2. The molecule has 0 aliphatic carbocycles. The number of hydrogen-bond donors (Lipinski definition) is 2. The predicted molar refractivity (Wildman–Crippen MR) is 141 cm³/mol. The molecule has 182 valence electrons. The van der Waals surface area contributed by atoms with Gasteiger partial charge in [0.05, 0.1) is 31.0 Å². The summed E-state index contributed by atoms with van der Waals surface area (Å²) in [6.07, 6.45) is 3.18. The minimum Gasteiger partial charge on any atom is -0.481 e. The van der Waals surface area contributed by atoms with E-state index in [4.69, 9.17) is 9.47 Å². The average molecular weight is 493 g/mol. The first-order valence-corrected chi connectivity index (χ1v) is 10.8. The van der Waals surface area contributed by atoms with E-state index in [1.54, 1.807) is 45.7 Å². The molecule has 1 amide bonds. The number of carbonyl (C=O) groups excluding carboxylic acids is 1. The molecule has 1 aromatic carbocycles. The van der Waals surface area contributed by atoms with Gasteiger partial charge in [-0.15, -0.1) is 0 Å². The van der Waals surface area contributed by atoms with Gasteiger partial charge in [-0.25, -0.2) is 9.97 Å². The van der Waals surface area contributed by atoms with E-state index < -0.39 is 0 Å². The maximum atomic E-state index is 12.3. The van der Waals surface area contributed by atoms with Crippen LogP contribution < -0.4 is 20.1 Å². The van der Waals surface area contributed by atoms with Crippen molar-refractivity contribution in [1.82, 2.24) is 25.3 Å². The molecule has 0 unspecified atom stereocenters. The predicted octanol–water partition coefficient (Wildman–Crippen LogP) is 3.79. The van der Waals surface area contributed by atoms with Gasteiger partial charge in [0.25, 0.3) is 5.91 Å². The molecule has 9 nitrogen and oxygen atoms in total. The second kappa shape index (κ2) is 11.5. The van der Waals surface area contributed by atoms with Gasteiger partial charge in [-0.3, -0.25) is 9.78 Å². The van der Waals surface area contributed by atoms with Gasteiger partial charge in [-0.1, -0.05) is 25.1 Å². The smallest absolute Gasteiger partial charge is 0.251 e. The number of rotatable bonds is 8. The summed E-state index contributed by atoms with van der Waals surface area (Å²) >= 11 is 0. The third kappa shape index (κ3) is 5.60. The fourth-order valence-corrected chi connectivity index (χ4v) is 3.75. The van der Waals surface area contributed by atoms with Crippen LogP contribution in [0, 0.1) is 0 Å². The second-order valence-electron chi connectivity index (χ2n) is 7.69. The number of anilines is 1. The molecular formula is C25H28N6O3S. The fraction of sp³-hybridized carbons (Fsp3) is 0.240. The van der Waals surface area contributed by atoms with E-state index in [0.717, 1.165) is 22.0 Å². The van der Waals surface area contributed by atoms with Crippen molar-refractivity contribution in [2.75, 3.05) is 33.1 Å². The Morgan fingerprint density at radius 2 is 1.77 bits per heavy atom. The van der Waals surface area contributed by atoms with Crippen molar-refractivity contribution in [3.05, 3.63) is 66.1 Å². The summed E-state index contributed by atoms with van der Waals surface area (Å²) in [4.78, 5) is 29.8. The SMILES string of the molecule is CNC(=O)c1ccnc2c([C@H](C)CNc3cc(-c4cc(OC)nc(OC)c4)ncn3)cccc12.S. The van der Waals surface area contributed by atoms with Crippen LogP contribution in [0.25, 0.3) is 22.2 Å². The molecule has 2 N–H and O–H groups in total. The van der Waals surface area contributed by atoms with E-state index in [2.05, 4.69) is 37.5 Å². The van der Waals surface area contributed by atoms with Gasteiger partial charge in [0, 0.05) is 54.9 Å². The topological polar surface area (TPSA) is 111 Å². The first kappa shape index (κ1) is 25.7. The number of nitrogens with zero attached hydrogens (tertiary/aromatic N) is 4. The van der Waals surface area contributed by atoms with Crippen molar-refractivity contribution < 1.29 is 14.3 Å². The molecule has 3 aromatic heterocycles. The molecule has 0 bridgehead atoms. The minimum absolute atomic E-state index is 0. The Morgan fingerprint density at radius 3 is 2.46 bits per heavy atom. The largest absolute Gasteiger partial charge is 0.481 e. The van der Waals surface area contributed by atoms with Crippen molar-refractivity contribution in [3.8, 4) is 23.0 Å². The molecule has 0 saturated carbocycles. The van der Waals surface area contributed by atoms with E-state index in [1.807, 2.05) is 24.3 Å². The number of para-hydroxylation sites is 1. The van der Waals surface area contributed by atoms with Crippen LogP contribution in [-0.2, 0) is 0 Å². The van der Waals surface area contributed by atoms with Crippen molar-refractivity contribution in [3.63, 3.8) is 0 Å². The zero-order valence-electron chi connectivity index (χ0n) is 20.0. The average Bonchev–Trinajstić information content (AvgIpc) is 2.90. The van der Waals surface area contributed by atoms with Gasteiger partial charge in [-0.2, -0.15) is 18.5 Å². The first-order chi connectivity index (χ1) is 16.5. The number of hydrogen-bond acceptors (Lipinski definition) is 8. The summed E-state index contributed by atoms with van der Waals surface area (Å²) in [5.41, 5.74) is 4.00. The zero-order valence-corrected chi connectivity index (χ0v) is 21.0. The van der Waals surface area contributed by atoms with E-state index in [1.165, 1.54) is 6.33 Å². The van der Waals surface area contributed by atoms with Crippen LogP contribution in [0.4, 0.5) is 5.82 Å². The Hall–Kier alpha value is -3.92. The highest BCUT2D eigenvalue weighted by Crippen LogP contribution is 2.28. The van der Waals surface area contributed by atoms with Crippen LogP contribution in [0.1, 0.15) is 28.8 Å². The summed E-state index contributed by atoms with van der Waals surface area (Å²) < 4.78 is 10.5. The van der Waals surface area contributed by atoms with E-state index in [9.17, 15) is 4.79 Å². The van der Waals surface area contributed by atoms with Gasteiger partial charge in [0.1, 0.15) is 12.1 Å². The lowest BCUT2D eigenvalue weighted by molar-refractivity contribution is 0.0964. The van der Waals surface area contributed by atoms with Crippen molar-refractivity contribution in [1.29, 1.82) is 0 Å². The van der Waals surface area contributed by atoms with Crippen LogP contribution >= 0.6 is 13.5 Å². The van der Waals surface area contributed by atoms with Gasteiger partial charge in [0.15, 0.2) is 0 Å². The normalized spacial score (nSPS) is 11.3. The highest BCUT2D eigenvalue weighted by atomic mass is 32.1. The van der Waals surface area contributed by atoms with E-state index in [0.29, 0.717) is 35.4 Å². The molecule has 0 saturated heterocycles. The monoisotopic (exact) mass is 492 g/mol. The second-order valence-corrected chi connectivity index (χ2v) is 7.69. The van der Waals surface area contributed by atoms with Crippen LogP contribution in [0.15, 0.2) is 55.0 Å². The maximum absolute atomic E-state index is 12.3. The molecule has 0 fully saturated rings. The zero-order chi connectivity index (χ0) is 24.1. The third-order valence-corrected chi connectivity index (χ3v) is 5.55. The Labute approximate surface area is 210 Å². The molecule has 35 heavy (non-hydrogen) atoms. The van der Waals surface area contributed by atoms with Crippen LogP contribution in [0.5, 0.6) is 11.8 Å². The molecular weight excluding hydrogens is 464 g/mol. The lowest BCUT2D eigenvalue weighted by atomic mass is 9.96. The molecule has 1 atom stereocenters. The summed E-state index contributed by atoms with van der Waals surface area (Å²) in [6.45, 7) is 2.72. The molecule has 10 heteroatoms. The summed E-state index contributed by atoms with van der Waals surface area (Å²) in [6, 6.07) is 13.1. The number of aromatic nitrogens is 4. The fourth-order valence-electron chi connectivity index (χ4n) is 3.75. The molecule has 4 rings (SSSR count). The molecule has 3 heterocycles. The number of carbonyl (C=O) groups is 1. The number of nitrogens with one attached hydrogen (secondary N) is 2. The van der Waals surface area contributed by atoms with Crippen LogP contribution in [0.3, 0.4) is 0 Å². The van der Waals surface area contributed by atoms with Crippen LogP contribution in [0.2, 0.25) is 0 Å². The first-order valence-electron chi connectivity index (χ1n) is 10.8. The van der Waals surface area contributed by atoms with Gasteiger partial charge < -0.3 is 20.1 Å². The van der Waals surface area contributed by atoms with Crippen molar-refractivity contribution in [2.45, 2.75) is 12.8 Å². The number of fused-ring (bicyclic) bond motifs is 1. The van der Waals surface area contributed by atoms with Gasteiger partial charge >= 0.3 is 0 Å². The summed E-state index contributed by atoms with van der Waals surface area (Å²) in [5.74, 6) is 1.54. The number of ether oxygens (including phenoxy) is 2. The Morgan fingerprint density at radius 1 is 1.03 bits per heavy atom. The van der Waals surface area contributed by atoms with E-state index >= 15 is 0 Å². The van der Waals surface area contributed by atoms with E-state index in [-0.39, 0.29) is 25.3 Å². The summed E-state index contributed by atoms with van der Waals surface area (Å²) in [5, 5.41) is 6.91. The third-order valence-electron chi connectivity index (χ3n) is 5.55. The van der Waals surface area contributed by atoms with Crippen molar-refractivity contribution in [2.24, 2.45) is 0 Å². The molecule has 0 spiro atoms. The minimum atomic E-state index is -0.131. The molecule has 4 aromatic rings. The molecule has 0 aliphatic heterocycles. The Balaban J connectivity index is 0.00000342. The number of benzene rings is 1. The quantitative estimate of drug-likeness (QED) is 0.382. The standard InChI is InChI=1S/C25H26N6O3.H2S/c1-15(17-6-5-7-18-19(25(32)26-2)8-9-27-24(17)18)13-28-21-12-20(29-14-30-21)16-10-22(33-3)31-23(11-16)34-4;/h5-12,14-15H,13H2,1-4H3,(H,26,32)(H,28,29,30);1H2/t15-;/m1./s1. The highest BCUT2D eigenvalue weighted by molar-refractivity contribution is 7.59. The highest BCUT2D eigenvalue weighted by Gasteiger charge is 2.15. The maximum Gasteiger partial charge on any atom is 0.251 e. The van der Waals surface area contributed by atoms with Crippen LogP contribution in [-0.4, -0.2) is 53.7 Å². The number of amides is 1. The van der Waals surface area contributed by atoms with Gasteiger partial charge in [-0.05, 0) is 11.6 Å². The Kier molecular flexibility index (Phi) is 8.43. The van der Waals surface area contributed by atoms with Gasteiger partial charge in [0.2, 0.25) is 11.8 Å².